The third-order valence-corrected chi connectivity index (χ3v) is 2.38. The van der Waals surface area contributed by atoms with E-state index in [0.717, 1.165) is 12.8 Å². The molecule has 1 fully saturated rings. The molecule has 0 saturated heterocycles. The molecule has 0 N–H and O–H groups in total. The van der Waals surface area contributed by atoms with Crippen LogP contribution in [-0.4, -0.2) is 26.7 Å². The second kappa shape index (κ2) is 3.54. The highest BCUT2D eigenvalue weighted by Crippen LogP contribution is 2.20. The molecule has 0 bridgehead atoms. The summed E-state index contributed by atoms with van der Waals surface area (Å²) >= 11 is 0. The van der Waals surface area contributed by atoms with Gasteiger partial charge in [0, 0.05) is 6.26 Å². The minimum absolute atomic E-state index is 0.113. The van der Waals surface area contributed by atoms with E-state index < -0.39 is 9.84 Å². The van der Waals surface area contributed by atoms with Crippen molar-refractivity contribution in [3.05, 3.63) is 0 Å². The Labute approximate surface area is 67.7 Å². The van der Waals surface area contributed by atoms with E-state index in [9.17, 15) is 8.42 Å². The molecular formula is C7H14O3S. The zero-order chi connectivity index (χ0) is 8.32. The SMILES string of the molecule is CS(=O)(=O)COC1CCCC1. The summed E-state index contributed by atoms with van der Waals surface area (Å²) in [6.45, 7) is 0. The third-order valence-electron chi connectivity index (χ3n) is 1.82. The van der Waals surface area contributed by atoms with Crippen LogP contribution in [0.2, 0.25) is 0 Å². The molecule has 0 aliphatic heterocycles. The minimum Gasteiger partial charge on any atom is -0.362 e. The molecule has 0 radical (unpaired) electrons. The van der Waals surface area contributed by atoms with Gasteiger partial charge in [0.15, 0.2) is 9.84 Å². The van der Waals surface area contributed by atoms with Crippen LogP contribution in [0.25, 0.3) is 0 Å². The van der Waals surface area contributed by atoms with Crippen molar-refractivity contribution in [2.75, 3.05) is 12.2 Å². The maximum atomic E-state index is 10.7. The molecule has 66 valence electrons. The van der Waals surface area contributed by atoms with Crippen molar-refractivity contribution in [3.8, 4) is 0 Å². The number of hydrogen-bond acceptors (Lipinski definition) is 3. The van der Waals surface area contributed by atoms with Gasteiger partial charge in [0.2, 0.25) is 0 Å². The van der Waals surface area contributed by atoms with Gasteiger partial charge in [0.05, 0.1) is 6.10 Å². The molecular weight excluding hydrogens is 164 g/mol. The first kappa shape index (κ1) is 9.00. The Morgan fingerprint density at radius 2 is 1.91 bits per heavy atom. The smallest absolute Gasteiger partial charge is 0.171 e. The highest BCUT2D eigenvalue weighted by molar-refractivity contribution is 7.90. The molecule has 0 heterocycles. The third kappa shape index (κ3) is 3.72. The Balaban J connectivity index is 2.22. The Morgan fingerprint density at radius 1 is 1.36 bits per heavy atom. The monoisotopic (exact) mass is 178 g/mol. The number of ether oxygens (including phenoxy) is 1. The van der Waals surface area contributed by atoms with Crippen molar-refractivity contribution in [3.63, 3.8) is 0 Å². The molecule has 0 aromatic carbocycles. The quantitative estimate of drug-likeness (QED) is 0.646. The maximum Gasteiger partial charge on any atom is 0.171 e. The largest absolute Gasteiger partial charge is 0.362 e. The number of sulfone groups is 1. The molecule has 0 spiro atoms. The predicted octanol–water partition coefficient (Wildman–Crippen LogP) is 0.948. The van der Waals surface area contributed by atoms with Crippen molar-refractivity contribution < 1.29 is 13.2 Å². The van der Waals surface area contributed by atoms with Gasteiger partial charge in [-0.1, -0.05) is 12.8 Å². The number of rotatable bonds is 3. The molecule has 0 unspecified atom stereocenters. The molecule has 0 atom stereocenters. The molecule has 11 heavy (non-hydrogen) atoms. The minimum atomic E-state index is -2.93. The topological polar surface area (TPSA) is 43.4 Å². The number of hydrogen-bond donors (Lipinski definition) is 0. The van der Waals surface area contributed by atoms with Crippen molar-refractivity contribution >= 4 is 9.84 Å². The van der Waals surface area contributed by atoms with Crippen LogP contribution < -0.4 is 0 Å². The highest BCUT2D eigenvalue weighted by Gasteiger charge is 2.16. The first-order valence-electron chi connectivity index (χ1n) is 3.87. The Bertz CT molecular complexity index is 202. The summed E-state index contributed by atoms with van der Waals surface area (Å²) < 4.78 is 26.5. The summed E-state index contributed by atoms with van der Waals surface area (Å²) in [7, 11) is -2.93. The normalized spacial score (nSPS) is 20.8. The van der Waals surface area contributed by atoms with E-state index in [1.165, 1.54) is 19.1 Å². The standard InChI is InChI=1S/C7H14O3S/c1-11(8,9)6-10-7-4-2-3-5-7/h7H,2-6H2,1H3. The lowest BCUT2D eigenvalue weighted by Crippen LogP contribution is -2.14. The first-order chi connectivity index (χ1) is 5.08. The van der Waals surface area contributed by atoms with Crippen LogP contribution in [0.4, 0.5) is 0 Å². The predicted molar refractivity (Wildman–Crippen MR) is 43.1 cm³/mol. The summed E-state index contributed by atoms with van der Waals surface area (Å²) in [6, 6.07) is 0. The molecule has 0 aromatic heterocycles. The van der Waals surface area contributed by atoms with Crippen LogP contribution in [0, 0.1) is 0 Å². The van der Waals surface area contributed by atoms with Gasteiger partial charge < -0.3 is 4.74 Å². The average Bonchev–Trinajstić information content (AvgIpc) is 2.32. The lowest BCUT2D eigenvalue weighted by Gasteiger charge is -2.08. The molecule has 1 saturated carbocycles. The summed E-state index contributed by atoms with van der Waals surface area (Å²) in [6.07, 6.45) is 5.79. The Hall–Kier alpha value is -0.0900. The van der Waals surface area contributed by atoms with Crippen molar-refractivity contribution in [2.24, 2.45) is 0 Å². The van der Waals surface area contributed by atoms with E-state index >= 15 is 0 Å². The van der Waals surface area contributed by atoms with E-state index in [2.05, 4.69) is 0 Å². The lowest BCUT2D eigenvalue weighted by atomic mass is 10.3. The zero-order valence-electron chi connectivity index (χ0n) is 6.75. The summed E-state index contributed by atoms with van der Waals surface area (Å²) in [5.74, 6) is -0.113. The zero-order valence-corrected chi connectivity index (χ0v) is 7.56. The van der Waals surface area contributed by atoms with Gasteiger partial charge in [-0.15, -0.1) is 0 Å². The molecule has 4 heteroatoms. The molecule has 1 aliphatic carbocycles. The van der Waals surface area contributed by atoms with E-state index in [1.807, 2.05) is 0 Å². The first-order valence-corrected chi connectivity index (χ1v) is 5.93. The summed E-state index contributed by atoms with van der Waals surface area (Å²) in [5, 5.41) is 0. The van der Waals surface area contributed by atoms with Crippen LogP contribution in [0.5, 0.6) is 0 Å². The van der Waals surface area contributed by atoms with Gasteiger partial charge >= 0.3 is 0 Å². The van der Waals surface area contributed by atoms with E-state index in [1.54, 1.807) is 0 Å². The van der Waals surface area contributed by atoms with Crippen molar-refractivity contribution in [2.45, 2.75) is 31.8 Å². The van der Waals surface area contributed by atoms with Gasteiger partial charge in [-0.3, -0.25) is 0 Å². The lowest BCUT2D eigenvalue weighted by molar-refractivity contribution is 0.0922. The van der Waals surface area contributed by atoms with Gasteiger partial charge in [0.25, 0.3) is 0 Å². The maximum absolute atomic E-state index is 10.7. The van der Waals surface area contributed by atoms with E-state index in [0.29, 0.717) is 0 Å². The van der Waals surface area contributed by atoms with Gasteiger partial charge in [0.1, 0.15) is 5.94 Å². The van der Waals surface area contributed by atoms with Gasteiger partial charge in [-0.25, -0.2) is 8.42 Å². The summed E-state index contributed by atoms with van der Waals surface area (Å²) in [4.78, 5) is 0. The fourth-order valence-corrected chi connectivity index (χ4v) is 1.71. The van der Waals surface area contributed by atoms with Crippen LogP contribution in [-0.2, 0) is 14.6 Å². The highest BCUT2D eigenvalue weighted by atomic mass is 32.2. The molecule has 0 amide bonds. The van der Waals surface area contributed by atoms with E-state index in [4.69, 9.17) is 4.74 Å². The summed E-state index contributed by atoms with van der Waals surface area (Å²) in [5.41, 5.74) is 0. The molecule has 1 aliphatic rings. The molecule has 3 nitrogen and oxygen atoms in total. The fourth-order valence-electron chi connectivity index (χ4n) is 1.27. The van der Waals surface area contributed by atoms with Crippen molar-refractivity contribution in [1.82, 2.24) is 0 Å². The molecule has 1 rings (SSSR count). The van der Waals surface area contributed by atoms with Crippen LogP contribution in [0.3, 0.4) is 0 Å². The van der Waals surface area contributed by atoms with Gasteiger partial charge in [-0.05, 0) is 12.8 Å². The Morgan fingerprint density at radius 3 is 2.36 bits per heavy atom. The van der Waals surface area contributed by atoms with Crippen LogP contribution in [0.15, 0.2) is 0 Å². The van der Waals surface area contributed by atoms with Crippen LogP contribution in [0.1, 0.15) is 25.7 Å². The molecule has 0 aromatic rings. The fraction of sp³-hybridized carbons (Fsp3) is 1.00. The van der Waals surface area contributed by atoms with Crippen LogP contribution >= 0.6 is 0 Å². The average molecular weight is 178 g/mol. The second-order valence-electron chi connectivity index (χ2n) is 3.12. The van der Waals surface area contributed by atoms with Gasteiger partial charge in [-0.2, -0.15) is 0 Å². The van der Waals surface area contributed by atoms with Crippen molar-refractivity contribution in [1.29, 1.82) is 0 Å². The van der Waals surface area contributed by atoms with E-state index in [-0.39, 0.29) is 12.0 Å². The second-order valence-corrected chi connectivity index (χ2v) is 5.20. The Kier molecular flexibility index (Phi) is 2.90.